The monoisotopic (exact) mass is 380 g/mol. The standard InChI is InChI=1S/C18H19F3N4O2/c19-18(20,21)14-4-6-15(7-5-14)24-12-13(11-22)17(27)23-8-2-10-25-9-1-3-16(25)26/h4-7,12,24H,1-3,8-10H2,(H,23,27)/b13-12-. The number of hydrogen-bond acceptors (Lipinski definition) is 4. The van der Waals surface area contributed by atoms with Crippen molar-refractivity contribution in [3.63, 3.8) is 0 Å². The van der Waals surface area contributed by atoms with Crippen LogP contribution in [0.4, 0.5) is 18.9 Å². The topological polar surface area (TPSA) is 85.2 Å². The van der Waals surface area contributed by atoms with Gasteiger partial charge in [-0.3, -0.25) is 9.59 Å². The molecule has 1 aliphatic rings. The first-order valence-corrected chi connectivity index (χ1v) is 8.41. The molecule has 2 amide bonds. The lowest BCUT2D eigenvalue weighted by Crippen LogP contribution is -2.31. The first-order valence-electron chi connectivity index (χ1n) is 8.41. The molecule has 2 N–H and O–H groups in total. The molecule has 1 fully saturated rings. The van der Waals surface area contributed by atoms with Gasteiger partial charge in [0.15, 0.2) is 0 Å². The lowest BCUT2D eigenvalue weighted by atomic mass is 10.2. The summed E-state index contributed by atoms with van der Waals surface area (Å²) < 4.78 is 37.5. The van der Waals surface area contributed by atoms with Crippen molar-refractivity contribution in [2.75, 3.05) is 25.0 Å². The van der Waals surface area contributed by atoms with E-state index in [4.69, 9.17) is 5.26 Å². The van der Waals surface area contributed by atoms with Gasteiger partial charge in [0.2, 0.25) is 5.91 Å². The van der Waals surface area contributed by atoms with E-state index in [9.17, 15) is 22.8 Å². The summed E-state index contributed by atoms with van der Waals surface area (Å²) in [6.45, 7) is 1.59. The maximum absolute atomic E-state index is 12.5. The molecular formula is C18H19F3N4O2. The molecule has 2 rings (SSSR count). The number of hydrogen-bond donors (Lipinski definition) is 2. The number of rotatable bonds is 7. The second kappa shape index (κ2) is 9.07. The third kappa shape index (κ3) is 6.02. The molecule has 9 heteroatoms. The molecule has 0 aromatic heterocycles. The largest absolute Gasteiger partial charge is 0.416 e. The number of likely N-dealkylation sites (tertiary alicyclic amines) is 1. The van der Waals surface area contributed by atoms with Crippen molar-refractivity contribution < 1.29 is 22.8 Å². The summed E-state index contributed by atoms with van der Waals surface area (Å²) >= 11 is 0. The fourth-order valence-electron chi connectivity index (χ4n) is 2.57. The highest BCUT2D eigenvalue weighted by Crippen LogP contribution is 2.29. The molecule has 144 valence electrons. The van der Waals surface area contributed by atoms with Gasteiger partial charge in [0.05, 0.1) is 5.56 Å². The Kier molecular flexibility index (Phi) is 6.82. The number of nitriles is 1. The fourth-order valence-corrected chi connectivity index (χ4v) is 2.57. The Labute approximate surface area is 154 Å². The van der Waals surface area contributed by atoms with E-state index in [2.05, 4.69) is 10.6 Å². The van der Waals surface area contributed by atoms with E-state index >= 15 is 0 Å². The summed E-state index contributed by atoms with van der Waals surface area (Å²) in [6, 6.07) is 5.96. The number of carbonyl (C=O) groups is 2. The second-order valence-electron chi connectivity index (χ2n) is 5.98. The number of amides is 2. The summed E-state index contributed by atoms with van der Waals surface area (Å²) in [5.74, 6) is -0.482. The smallest absolute Gasteiger partial charge is 0.360 e. The van der Waals surface area contributed by atoms with Gasteiger partial charge >= 0.3 is 6.18 Å². The van der Waals surface area contributed by atoms with E-state index in [-0.39, 0.29) is 11.5 Å². The van der Waals surface area contributed by atoms with E-state index < -0.39 is 17.6 Å². The minimum absolute atomic E-state index is 0.111. The van der Waals surface area contributed by atoms with Crippen LogP contribution in [-0.4, -0.2) is 36.3 Å². The molecule has 0 bridgehead atoms. The molecule has 1 aliphatic heterocycles. The zero-order chi connectivity index (χ0) is 19.9. The van der Waals surface area contributed by atoms with Gasteiger partial charge in [0.1, 0.15) is 11.6 Å². The molecule has 1 heterocycles. The minimum Gasteiger partial charge on any atom is -0.360 e. The van der Waals surface area contributed by atoms with Crippen molar-refractivity contribution in [2.24, 2.45) is 0 Å². The van der Waals surface area contributed by atoms with Crippen molar-refractivity contribution in [1.82, 2.24) is 10.2 Å². The predicted molar refractivity (Wildman–Crippen MR) is 92.2 cm³/mol. The van der Waals surface area contributed by atoms with Crippen LogP contribution in [0.1, 0.15) is 24.8 Å². The molecular weight excluding hydrogens is 361 g/mol. The van der Waals surface area contributed by atoms with Gasteiger partial charge in [-0.25, -0.2) is 0 Å². The van der Waals surface area contributed by atoms with E-state index in [0.29, 0.717) is 31.6 Å². The Hall–Kier alpha value is -3.02. The van der Waals surface area contributed by atoms with Crippen LogP contribution in [0, 0.1) is 11.3 Å². The first kappa shape index (κ1) is 20.3. The van der Waals surface area contributed by atoms with Crippen molar-refractivity contribution in [3.05, 3.63) is 41.6 Å². The number of benzene rings is 1. The van der Waals surface area contributed by atoms with Gasteiger partial charge in [-0.2, -0.15) is 18.4 Å². The Morgan fingerprint density at radius 2 is 2.00 bits per heavy atom. The Morgan fingerprint density at radius 1 is 1.30 bits per heavy atom. The van der Waals surface area contributed by atoms with Crippen LogP contribution in [0.2, 0.25) is 0 Å². The second-order valence-corrected chi connectivity index (χ2v) is 5.98. The summed E-state index contributed by atoms with van der Waals surface area (Å²) in [4.78, 5) is 25.2. The van der Waals surface area contributed by atoms with E-state index in [0.717, 1.165) is 31.3 Å². The highest BCUT2D eigenvalue weighted by Gasteiger charge is 2.29. The van der Waals surface area contributed by atoms with Gasteiger partial charge in [0, 0.05) is 37.9 Å². The minimum atomic E-state index is -4.42. The van der Waals surface area contributed by atoms with E-state index in [1.165, 1.54) is 12.1 Å². The average Bonchev–Trinajstić information content (AvgIpc) is 3.04. The van der Waals surface area contributed by atoms with Crippen molar-refractivity contribution in [1.29, 1.82) is 5.26 Å². The van der Waals surface area contributed by atoms with Crippen LogP contribution in [0.3, 0.4) is 0 Å². The quantitative estimate of drug-likeness (QED) is 0.433. The first-order chi connectivity index (χ1) is 12.8. The Morgan fingerprint density at radius 3 is 2.56 bits per heavy atom. The maximum Gasteiger partial charge on any atom is 0.416 e. The summed E-state index contributed by atoms with van der Waals surface area (Å²) in [5, 5.41) is 14.3. The van der Waals surface area contributed by atoms with Crippen LogP contribution in [-0.2, 0) is 15.8 Å². The summed E-state index contributed by atoms with van der Waals surface area (Å²) in [7, 11) is 0. The number of anilines is 1. The molecule has 0 saturated carbocycles. The molecule has 1 saturated heterocycles. The predicted octanol–water partition coefficient (Wildman–Crippen LogP) is 2.65. The number of carbonyl (C=O) groups excluding carboxylic acids is 2. The molecule has 0 atom stereocenters. The van der Waals surface area contributed by atoms with Gasteiger partial charge in [-0.05, 0) is 37.1 Å². The van der Waals surface area contributed by atoms with Gasteiger partial charge in [-0.15, -0.1) is 0 Å². The maximum atomic E-state index is 12.5. The van der Waals surface area contributed by atoms with Crippen LogP contribution >= 0.6 is 0 Å². The molecule has 6 nitrogen and oxygen atoms in total. The number of alkyl halides is 3. The average molecular weight is 380 g/mol. The van der Waals surface area contributed by atoms with Crippen LogP contribution in [0.25, 0.3) is 0 Å². The molecule has 0 unspecified atom stereocenters. The normalized spacial score (nSPS) is 14.8. The van der Waals surface area contributed by atoms with Crippen molar-refractivity contribution >= 4 is 17.5 Å². The molecule has 27 heavy (non-hydrogen) atoms. The Bertz CT molecular complexity index is 751. The fraction of sp³-hybridized carbons (Fsp3) is 0.389. The van der Waals surface area contributed by atoms with Crippen molar-refractivity contribution in [2.45, 2.75) is 25.4 Å². The molecule has 0 aliphatic carbocycles. The molecule has 1 aromatic rings. The zero-order valence-electron chi connectivity index (χ0n) is 14.5. The number of halogens is 3. The van der Waals surface area contributed by atoms with Gasteiger partial charge in [0.25, 0.3) is 5.91 Å². The summed E-state index contributed by atoms with van der Waals surface area (Å²) in [6.07, 6.45) is -1.30. The number of nitrogens with one attached hydrogen (secondary N) is 2. The lowest BCUT2D eigenvalue weighted by Gasteiger charge is -2.15. The molecule has 1 aromatic carbocycles. The van der Waals surface area contributed by atoms with Crippen LogP contribution in [0.5, 0.6) is 0 Å². The van der Waals surface area contributed by atoms with Crippen molar-refractivity contribution in [3.8, 4) is 6.07 Å². The lowest BCUT2D eigenvalue weighted by molar-refractivity contribution is -0.137. The highest BCUT2D eigenvalue weighted by atomic mass is 19.4. The van der Waals surface area contributed by atoms with E-state index in [1.54, 1.807) is 11.0 Å². The van der Waals surface area contributed by atoms with Gasteiger partial charge < -0.3 is 15.5 Å². The van der Waals surface area contributed by atoms with Crippen LogP contribution in [0.15, 0.2) is 36.0 Å². The number of nitrogens with zero attached hydrogens (tertiary/aromatic N) is 2. The SMILES string of the molecule is N#C/C(=C/Nc1ccc(C(F)(F)F)cc1)C(=O)NCCCN1CCCC1=O. The molecule has 0 spiro atoms. The zero-order valence-corrected chi connectivity index (χ0v) is 14.5. The van der Waals surface area contributed by atoms with Crippen LogP contribution < -0.4 is 10.6 Å². The third-order valence-corrected chi connectivity index (χ3v) is 4.02. The third-order valence-electron chi connectivity index (χ3n) is 4.02. The summed E-state index contributed by atoms with van der Waals surface area (Å²) in [5.41, 5.74) is -0.671. The Balaban J connectivity index is 1.81. The molecule has 0 radical (unpaired) electrons. The highest BCUT2D eigenvalue weighted by molar-refractivity contribution is 5.97. The van der Waals surface area contributed by atoms with Gasteiger partial charge in [-0.1, -0.05) is 0 Å². The van der Waals surface area contributed by atoms with E-state index in [1.807, 2.05) is 0 Å².